The number of aliphatic hydroxyl groups excluding tert-OH is 1. The summed E-state index contributed by atoms with van der Waals surface area (Å²) in [6, 6.07) is -0.976. The van der Waals surface area contributed by atoms with Gasteiger partial charge in [0.1, 0.15) is 6.04 Å². The van der Waals surface area contributed by atoms with Crippen molar-refractivity contribution in [3.8, 4) is 0 Å². The molecule has 0 aliphatic rings. The molecule has 138 valence electrons. The molecule has 0 radical (unpaired) electrons. The lowest BCUT2D eigenvalue weighted by atomic mass is 10.1. The highest BCUT2D eigenvalue weighted by Crippen LogP contribution is 2.36. The Bertz CT molecular complexity index is 669. The van der Waals surface area contributed by atoms with Gasteiger partial charge in [0, 0.05) is 3.57 Å². The summed E-state index contributed by atoms with van der Waals surface area (Å²) in [6.45, 7) is -0.495. The molecule has 1 unspecified atom stereocenters. The van der Waals surface area contributed by atoms with Crippen LogP contribution < -0.4 is 5.32 Å². The number of esters is 2. The van der Waals surface area contributed by atoms with Crippen molar-refractivity contribution < 1.29 is 29.0 Å². The molecule has 0 fully saturated rings. The number of hydrogen-bond acceptors (Lipinski definition) is 7. The SMILES string of the molecule is COC(=O)c1c(I)c(NC(CO)C(=O)CCl)c(I)c(C(=O)OC)c1I. The molecular formula is C14H13ClI3NO6. The van der Waals surface area contributed by atoms with Crippen LogP contribution in [0.5, 0.6) is 0 Å². The first-order valence-electron chi connectivity index (χ1n) is 6.58. The van der Waals surface area contributed by atoms with Crippen LogP contribution in [0.15, 0.2) is 0 Å². The molecule has 0 aliphatic heterocycles. The average molecular weight is 707 g/mol. The fourth-order valence-corrected chi connectivity index (χ4v) is 6.39. The van der Waals surface area contributed by atoms with Crippen molar-refractivity contribution in [3.63, 3.8) is 0 Å². The van der Waals surface area contributed by atoms with Crippen molar-refractivity contribution in [2.75, 3.05) is 32.0 Å². The lowest BCUT2D eigenvalue weighted by molar-refractivity contribution is -0.118. The first-order valence-corrected chi connectivity index (χ1v) is 10.3. The van der Waals surface area contributed by atoms with Crippen LogP contribution in [-0.4, -0.2) is 55.6 Å². The van der Waals surface area contributed by atoms with Gasteiger partial charge in [0.2, 0.25) is 0 Å². The third-order valence-electron chi connectivity index (χ3n) is 3.12. The zero-order valence-corrected chi connectivity index (χ0v) is 20.2. The Morgan fingerprint density at radius 3 is 1.80 bits per heavy atom. The minimum Gasteiger partial charge on any atom is -0.465 e. The summed E-state index contributed by atoms with van der Waals surface area (Å²) in [5.74, 6) is -1.98. The Balaban J connectivity index is 3.68. The molecule has 0 heterocycles. The standard InChI is InChI=1S/C14H13ClI3NO6/c1-24-13(22)7-9(16)8(14(23)25-2)11(18)12(10(7)17)19-5(4-20)6(21)3-15/h5,19-20H,3-4H2,1-2H3. The molecule has 7 nitrogen and oxygen atoms in total. The number of rotatable bonds is 7. The number of aliphatic hydroxyl groups is 1. The quantitative estimate of drug-likeness (QED) is 0.256. The van der Waals surface area contributed by atoms with E-state index in [1.807, 2.05) is 67.8 Å². The van der Waals surface area contributed by atoms with Crippen molar-refractivity contribution in [3.05, 3.63) is 21.8 Å². The summed E-state index contributed by atoms with van der Waals surface area (Å²) < 4.78 is 10.9. The highest BCUT2D eigenvalue weighted by molar-refractivity contribution is 14.1. The largest absolute Gasteiger partial charge is 0.465 e. The maximum atomic E-state index is 12.2. The highest BCUT2D eigenvalue weighted by Gasteiger charge is 2.30. The topological polar surface area (TPSA) is 102 Å². The molecule has 0 saturated carbocycles. The van der Waals surface area contributed by atoms with Gasteiger partial charge in [-0.25, -0.2) is 9.59 Å². The van der Waals surface area contributed by atoms with Gasteiger partial charge < -0.3 is 19.9 Å². The van der Waals surface area contributed by atoms with Crippen LogP contribution in [0.1, 0.15) is 20.7 Å². The van der Waals surface area contributed by atoms with Crippen LogP contribution in [0.3, 0.4) is 0 Å². The van der Waals surface area contributed by atoms with Crippen LogP contribution in [0, 0.1) is 10.7 Å². The molecule has 0 saturated heterocycles. The minimum atomic E-state index is -0.976. The molecule has 2 N–H and O–H groups in total. The Hall–Kier alpha value is 0.0700. The molecule has 1 rings (SSSR count). The maximum Gasteiger partial charge on any atom is 0.340 e. The van der Waals surface area contributed by atoms with E-state index in [4.69, 9.17) is 21.1 Å². The van der Waals surface area contributed by atoms with Gasteiger partial charge in [-0.2, -0.15) is 0 Å². The van der Waals surface area contributed by atoms with Crippen molar-refractivity contribution in [2.24, 2.45) is 0 Å². The van der Waals surface area contributed by atoms with E-state index in [0.717, 1.165) is 0 Å². The highest BCUT2D eigenvalue weighted by atomic mass is 127. The van der Waals surface area contributed by atoms with E-state index in [1.54, 1.807) is 0 Å². The fourth-order valence-electron chi connectivity index (χ4n) is 1.85. The summed E-state index contributed by atoms with van der Waals surface area (Å²) >= 11 is 11.3. The van der Waals surface area contributed by atoms with Crippen LogP contribution in [-0.2, 0) is 14.3 Å². The molecule has 11 heteroatoms. The smallest absolute Gasteiger partial charge is 0.340 e. The summed E-state index contributed by atoms with van der Waals surface area (Å²) in [5, 5.41) is 12.3. The number of halogens is 4. The number of benzene rings is 1. The molecular weight excluding hydrogens is 694 g/mol. The van der Waals surface area contributed by atoms with Gasteiger partial charge in [-0.15, -0.1) is 11.6 Å². The molecule has 0 spiro atoms. The number of nitrogens with one attached hydrogen (secondary N) is 1. The lowest BCUT2D eigenvalue weighted by Crippen LogP contribution is -2.35. The summed E-state index contributed by atoms with van der Waals surface area (Å²) in [7, 11) is 2.45. The molecule has 0 amide bonds. The van der Waals surface area contributed by atoms with Gasteiger partial charge in [0.05, 0.1) is 50.7 Å². The Labute approximate surface area is 189 Å². The van der Waals surface area contributed by atoms with Crippen LogP contribution in [0.25, 0.3) is 0 Å². The third kappa shape index (κ3) is 5.07. The second-order valence-electron chi connectivity index (χ2n) is 4.53. The number of anilines is 1. The minimum absolute atomic E-state index is 0.169. The van der Waals surface area contributed by atoms with Gasteiger partial charge in [-0.05, 0) is 67.8 Å². The van der Waals surface area contributed by atoms with Gasteiger partial charge in [0.15, 0.2) is 5.78 Å². The van der Waals surface area contributed by atoms with E-state index >= 15 is 0 Å². The summed E-state index contributed by atoms with van der Waals surface area (Å²) in [6.07, 6.45) is 0. The van der Waals surface area contributed by atoms with Gasteiger partial charge in [-0.1, -0.05) is 0 Å². The summed E-state index contributed by atoms with van der Waals surface area (Å²) in [4.78, 5) is 36.2. The molecule has 0 aromatic heterocycles. The second kappa shape index (κ2) is 10.4. The molecule has 1 aromatic carbocycles. The third-order valence-corrected chi connectivity index (χ3v) is 6.62. The van der Waals surface area contributed by atoms with Crippen molar-refractivity contribution in [2.45, 2.75) is 6.04 Å². The molecule has 1 aromatic rings. The Kier molecular flexibility index (Phi) is 9.63. The number of ether oxygens (including phenoxy) is 2. The number of hydrogen-bond donors (Lipinski definition) is 2. The summed E-state index contributed by atoms with van der Waals surface area (Å²) in [5.41, 5.74) is 0.684. The molecule has 25 heavy (non-hydrogen) atoms. The predicted molar refractivity (Wildman–Crippen MR) is 117 cm³/mol. The Morgan fingerprint density at radius 2 is 1.48 bits per heavy atom. The molecule has 0 aliphatic carbocycles. The van der Waals surface area contributed by atoms with E-state index in [0.29, 0.717) is 16.4 Å². The molecule has 0 bridgehead atoms. The lowest BCUT2D eigenvalue weighted by Gasteiger charge is -2.22. The number of carbonyl (C=O) groups excluding carboxylic acids is 3. The first-order chi connectivity index (χ1) is 11.7. The zero-order chi connectivity index (χ0) is 19.3. The second-order valence-corrected chi connectivity index (χ2v) is 8.03. The normalized spacial score (nSPS) is 11.6. The van der Waals surface area contributed by atoms with Crippen LogP contribution >= 0.6 is 79.4 Å². The Morgan fingerprint density at radius 1 is 1.04 bits per heavy atom. The predicted octanol–water partition coefficient (Wildman–Crippen LogP) is 2.65. The zero-order valence-electron chi connectivity index (χ0n) is 13.0. The van der Waals surface area contributed by atoms with Crippen molar-refractivity contribution in [1.29, 1.82) is 0 Å². The monoisotopic (exact) mass is 707 g/mol. The van der Waals surface area contributed by atoms with Crippen molar-refractivity contribution in [1.82, 2.24) is 0 Å². The van der Waals surface area contributed by atoms with E-state index < -0.39 is 30.4 Å². The number of Topliss-reactive ketones (excluding diaryl/α,β-unsaturated/α-hetero) is 1. The van der Waals surface area contributed by atoms with Gasteiger partial charge in [0.25, 0.3) is 0 Å². The first kappa shape index (κ1) is 23.1. The van der Waals surface area contributed by atoms with E-state index in [-0.39, 0.29) is 17.0 Å². The van der Waals surface area contributed by atoms with E-state index in [1.165, 1.54) is 14.2 Å². The number of ketones is 1. The van der Waals surface area contributed by atoms with Crippen molar-refractivity contribution >= 4 is 103 Å². The average Bonchev–Trinajstić information content (AvgIpc) is 2.60. The number of alkyl halides is 1. The number of methoxy groups -OCH3 is 2. The van der Waals surface area contributed by atoms with Gasteiger partial charge >= 0.3 is 11.9 Å². The fraction of sp³-hybridized carbons (Fsp3) is 0.357. The molecule has 1 atom stereocenters. The maximum absolute atomic E-state index is 12.2. The van der Waals surface area contributed by atoms with E-state index in [9.17, 15) is 19.5 Å². The van der Waals surface area contributed by atoms with E-state index in [2.05, 4.69) is 5.32 Å². The van der Waals surface area contributed by atoms with Gasteiger partial charge in [-0.3, -0.25) is 4.79 Å². The van der Waals surface area contributed by atoms with Crippen LogP contribution in [0.4, 0.5) is 5.69 Å². The van der Waals surface area contributed by atoms with Crippen LogP contribution in [0.2, 0.25) is 0 Å². The number of carbonyl (C=O) groups is 3.